The molecular formula is C33H26FN3O4. The van der Waals surface area contributed by atoms with Gasteiger partial charge in [-0.1, -0.05) is 50.2 Å². The fourth-order valence-electron chi connectivity index (χ4n) is 5.34. The van der Waals surface area contributed by atoms with Gasteiger partial charge in [-0.2, -0.15) is 5.26 Å². The molecule has 1 saturated carbocycles. The first-order valence-electron chi connectivity index (χ1n) is 13.3. The van der Waals surface area contributed by atoms with Crippen molar-refractivity contribution in [2.45, 2.75) is 44.2 Å². The van der Waals surface area contributed by atoms with E-state index in [9.17, 15) is 19.2 Å². The number of pyridine rings is 1. The van der Waals surface area contributed by atoms with E-state index in [1.165, 1.54) is 4.90 Å². The van der Waals surface area contributed by atoms with Gasteiger partial charge in [-0.25, -0.2) is 9.37 Å². The third kappa shape index (κ3) is 4.80. The van der Waals surface area contributed by atoms with Gasteiger partial charge in [0.05, 0.1) is 17.3 Å². The molecule has 4 aromatic rings. The number of ether oxygens (including phenoxy) is 2. The number of fused-ring (bicyclic) bond motifs is 1. The third-order valence-electron chi connectivity index (χ3n) is 7.87. The fourth-order valence-corrected chi connectivity index (χ4v) is 5.34. The zero-order valence-electron chi connectivity index (χ0n) is 22.5. The number of hydrogen-bond acceptors (Lipinski definition) is 6. The topological polar surface area (TPSA) is 92.5 Å². The van der Waals surface area contributed by atoms with Gasteiger partial charge in [-0.15, -0.1) is 0 Å². The normalized spacial score (nSPS) is 18.0. The number of aromatic nitrogens is 1. The molecule has 1 aliphatic heterocycles. The smallest absolute Gasteiger partial charge is 0.261 e. The maximum atomic E-state index is 13.6. The van der Waals surface area contributed by atoms with Crippen LogP contribution in [0.5, 0.6) is 17.2 Å². The van der Waals surface area contributed by atoms with E-state index < -0.39 is 5.82 Å². The van der Waals surface area contributed by atoms with Crippen molar-refractivity contribution < 1.29 is 23.5 Å². The Bertz CT molecular complexity index is 1650. The molecule has 8 heteroatoms. The molecule has 2 amide bonds. The number of imide groups is 1. The summed E-state index contributed by atoms with van der Waals surface area (Å²) >= 11 is 0. The third-order valence-corrected chi connectivity index (χ3v) is 7.87. The lowest BCUT2D eigenvalue weighted by Gasteiger charge is -2.39. The first-order chi connectivity index (χ1) is 19.7. The Hall–Kier alpha value is -5.03. The fraction of sp³-hybridized carbons (Fsp3) is 0.212. The molecule has 3 aromatic carbocycles. The average Bonchev–Trinajstić information content (AvgIpc) is 3.20. The van der Waals surface area contributed by atoms with Crippen LogP contribution in [0.3, 0.4) is 0 Å². The predicted molar refractivity (Wildman–Crippen MR) is 148 cm³/mol. The molecule has 204 valence electrons. The molecule has 1 fully saturated rings. The van der Waals surface area contributed by atoms with Crippen LogP contribution in [0.25, 0.3) is 0 Å². The summed E-state index contributed by atoms with van der Waals surface area (Å²) in [4.78, 5) is 30.6. The quantitative estimate of drug-likeness (QED) is 0.248. The van der Waals surface area contributed by atoms with Crippen molar-refractivity contribution in [3.63, 3.8) is 0 Å². The van der Waals surface area contributed by atoms with Crippen molar-refractivity contribution in [3.05, 3.63) is 119 Å². The summed E-state index contributed by atoms with van der Waals surface area (Å²) in [6.45, 7) is 4.23. The van der Waals surface area contributed by atoms with Crippen molar-refractivity contribution in [1.29, 1.82) is 5.26 Å². The van der Waals surface area contributed by atoms with Crippen LogP contribution in [0.4, 0.5) is 4.39 Å². The molecule has 7 nitrogen and oxygen atoms in total. The maximum Gasteiger partial charge on any atom is 0.261 e. The van der Waals surface area contributed by atoms with Crippen molar-refractivity contribution in [3.8, 4) is 23.3 Å². The van der Waals surface area contributed by atoms with E-state index in [-0.39, 0.29) is 40.8 Å². The Morgan fingerprint density at radius 3 is 2.02 bits per heavy atom. The monoisotopic (exact) mass is 547 g/mol. The van der Waals surface area contributed by atoms with E-state index in [1.807, 2.05) is 42.5 Å². The number of carbonyl (C=O) groups is 2. The molecule has 0 radical (unpaired) electrons. The van der Waals surface area contributed by atoms with Crippen LogP contribution in [0.2, 0.25) is 0 Å². The molecule has 0 spiro atoms. The lowest BCUT2D eigenvalue weighted by Crippen LogP contribution is -2.51. The van der Waals surface area contributed by atoms with Gasteiger partial charge in [-0.3, -0.25) is 14.5 Å². The zero-order valence-corrected chi connectivity index (χ0v) is 22.5. The molecule has 2 aliphatic rings. The molecular weight excluding hydrogens is 521 g/mol. The molecule has 41 heavy (non-hydrogen) atoms. The minimum absolute atomic E-state index is 0.0131. The van der Waals surface area contributed by atoms with Gasteiger partial charge in [0, 0.05) is 30.4 Å². The van der Waals surface area contributed by atoms with Crippen LogP contribution in [-0.4, -0.2) is 33.8 Å². The van der Waals surface area contributed by atoms with Gasteiger partial charge >= 0.3 is 0 Å². The molecule has 0 saturated heterocycles. The second kappa shape index (κ2) is 10.2. The Morgan fingerprint density at radius 2 is 1.46 bits per heavy atom. The molecule has 1 aromatic heterocycles. The number of halogens is 1. The number of hydrogen-bond donors (Lipinski definition) is 0. The van der Waals surface area contributed by atoms with E-state index in [1.54, 1.807) is 36.4 Å². The summed E-state index contributed by atoms with van der Waals surface area (Å²) in [7, 11) is 0. The largest absolute Gasteiger partial charge is 0.490 e. The second-order valence-corrected chi connectivity index (χ2v) is 10.8. The summed E-state index contributed by atoms with van der Waals surface area (Å²) in [6.07, 6.45) is 2.13. The minimum atomic E-state index is -0.580. The Labute approximate surface area is 236 Å². The molecule has 0 N–H and O–H groups in total. The summed E-state index contributed by atoms with van der Waals surface area (Å²) in [5, 5.41) is 9.21. The van der Waals surface area contributed by atoms with Gasteiger partial charge < -0.3 is 9.47 Å². The molecule has 0 unspecified atom stereocenters. The summed E-state index contributed by atoms with van der Waals surface area (Å²) in [5.41, 5.74) is 2.75. The maximum absolute atomic E-state index is 13.6. The van der Waals surface area contributed by atoms with Gasteiger partial charge in [0.15, 0.2) is 11.4 Å². The highest BCUT2D eigenvalue weighted by Crippen LogP contribution is 2.37. The number of nitrogens with zero attached hydrogens (tertiary/aromatic N) is 3. The first-order valence-corrected chi connectivity index (χ1v) is 13.3. The van der Waals surface area contributed by atoms with E-state index in [0.717, 1.165) is 29.1 Å². The van der Waals surface area contributed by atoms with Crippen LogP contribution >= 0.6 is 0 Å². The van der Waals surface area contributed by atoms with E-state index in [0.29, 0.717) is 29.7 Å². The van der Waals surface area contributed by atoms with E-state index in [2.05, 4.69) is 18.8 Å². The molecule has 1 aliphatic carbocycles. The molecule has 2 heterocycles. The number of amides is 2. The molecule has 6 rings (SSSR count). The summed E-state index contributed by atoms with van der Waals surface area (Å²) in [5.74, 6) is 0.241. The van der Waals surface area contributed by atoms with Crippen molar-refractivity contribution in [1.82, 2.24) is 9.88 Å². The van der Waals surface area contributed by atoms with Gasteiger partial charge in [0.25, 0.3) is 11.8 Å². The molecule has 0 atom stereocenters. The SMILES string of the molecule is CC(C)(c1ccc(Oc2cc(F)cnc2C#N)cc1)c1ccc(OC2CC(N3C(=O)c4ccccc4C3=O)C2)cc1. The lowest BCUT2D eigenvalue weighted by atomic mass is 9.78. The van der Waals surface area contributed by atoms with Crippen LogP contribution in [0, 0.1) is 17.1 Å². The first kappa shape index (κ1) is 26.2. The standard InChI is InChI=1S/C33H26FN3O4/c1-33(2,21-9-13-25(14-10-21)41-30-15-22(34)19-36-29(30)18-35)20-7-11-24(12-8-20)40-26-16-23(17-26)37-31(38)27-5-3-4-6-28(27)32(37)39/h3-15,19,23,26H,16-17H2,1-2H3. The second-order valence-electron chi connectivity index (χ2n) is 10.8. The van der Waals surface area contributed by atoms with Crippen molar-refractivity contribution >= 4 is 11.8 Å². The van der Waals surface area contributed by atoms with E-state index in [4.69, 9.17) is 9.47 Å². The highest BCUT2D eigenvalue weighted by atomic mass is 19.1. The van der Waals surface area contributed by atoms with E-state index >= 15 is 0 Å². The van der Waals surface area contributed by atoms with Crippen LogP contribution < -0.4 is 9.47 Å². The van der Waals surface area contributed by atoms with Gasteiger partial charge in [-0.05, 0) is 47.5 Å². The van der Waals surface area contributed by atoms with Crippen molar-refractivity contribution in [2.24, 2.45) is 0 Å². The highest BCUT2D eigenvalue weighted by Gasteiger charge is 2.45. The Kier molecular flexibility index (Phi) is 6.50. The number of rotatable bonds is 7. The van der Waals surface area contributed by atoms with Gasteiger partial charge in [0.2, 0.25) is 0 Å². The Balaban J connectivity index is 1.07. The van der Waals surface area contributed by atoms with Crippen LogP contribution in [0.1, 0.15) is 64.2 Å². The number of carbonyl (C=O) groups excluding carboxylic acids is 2. The average molecular weight is 548 g/mol. The minimum Gasteiger partial charge on any atom is -0.490 e. The highest BCUT2D eigenvalue weighted by molar-refractivity contribution is 6.21. The predicted octanol–water partition coefficient (Wildman–Crippen LogP) is 6.42. The van der Waals surface area contributed by atoms with Gasteiger partial charge in [0.1, 0.15) is 29.5 Å². The van der Waals surface area contributed by atoms with Crippen LogP contribution in [0.15, 0.2) is 85.1 Å². The zero-order chi connectivity index (χ0) is 28.7. The number of benzene rings is 3. The number of nitriles is 1. The Morgan fingerprint density at radius 1 is 0.902 bits per heavy atom. The summed E-state index contributed by atoms with van der Waals surface area (Å²) in [6, 6.07) is 25.2. The summed E-state index contributed by atoms with van der Waals surface area (Å²) < 4.78 is 25.4. The van der Waals surface area contributed by atoms with Crippen LogP contribution in [-0.2, 0) is 5.41 Å². The molecule has 0 bridgehead atoms. The lowest BCUT2D eigenvalue weighted by molar-refractivity contribution is 0.0198. The van der Waals surface area contributed by atoms with Crippen molar-refractivity contribution in [2.75, 3.05) is 0 Å².